The van der Waals surface area contributed by atoms with Crippen molar-refractivity contribution in [1.29, 1.82) is 0 Å². The Labute approximate surface area is 342 Å². The lowest BCUT2D eigenvalue weighted by atomic mass is 9.80. The molecule has 13 nitrogen and oxygen atoms in total. The number of aliphatic hydroxyl groups excluding tert-OH is 1. The minimum Gasteiger partial charge on any atom is -0.481 e. The van der Waals surface area contributed by atoms with Gasteiger partial charge >= 0.3 is 5.97 Å². The van der Waals surface area contributed by atoms with E-state index in [4.69, 9.17) is 28.2 Å². The maximum Gasteiger partial charge on any atom is 0.309 e. The Morgan fingerprint density at radius 3 is 1.81 bits per heavy atom. The van der Waals surface area contributed by atoms with Crippen LogP contribution in [0.4, 0.5) is 11.4 Å². The van der Waals surface area contributed by atoms with Crippen molar-refractivity contribution in [3.05, 3.63) is 80.9 Å². The van der Waals surface area contributed by atoms with Gasteiger partial charge in [0.05, 0.1) is 44.3 Å². The molecule has 4 aliphatic rings. The molecule has 2 bridgehead atoms. The number of fused-ring (bicyclic) bond motifs is 4. The monoisotopic (exact) mass is 816 g/mol. The van der Waals surface area contributed by atoms with Crippen LogP contribution in [0.15, 0.2) is 36.4 Å². The lowest BCUT2D eigenvalue weighted by Crippen LogP contribution is -2.36. The van der Waals surface area contributed by atoms with Gasteiger partial charge in [0, 0.05) is 82.2 Å². The number of aliphatic hydroxyl groups is 1. The molecule has 8 rings (SSSR count). The predicted molar refractivity (Wildman–Crippen MR) is 219 cm³/mol. The maximum absolute atomic E-state index is 13.8. The number of carboxylic acid groups (broad SMARTS) is 1. The molecule has 2 aromatic carbocycles. The van der Waals surface area contributed by atoms with Crippen LogP contribution in [0, 0.1) is 10.8 Å². The molecule has 302 valence electrons. The summed E-state index contributed by atoms with van der Waals surface area (Å²) >= 11 is 13.9. The van der Waals surface area contributed by atoms with E-state index in [1.54, 1.807) is 24.3 Å². The second-order valence-corrected chi connectivity index (χ2v) is 17.4. The van der Waals surface area contributed by atoms with E-state index in [0.29, 0.717) is 59.4 Å². The minimum atomic E-state index is -0.631. The third-order valence-corrected chi connectivity index (χ3v) is 14.0. The van der Waals surface area contributed by atoms with E-state index in [-0.39, 0.29) is 22.2 Å². The van der Waals surface area contributed by atoms with Crippen LogP contribution >= 0.6 is 23.2 Å². The Hall–Kier alpha value is -4.27. The van der Waals surface area contributed by atoms with Crippen molar-refractivity contribution >= 4 is 52.4 Å². The number of amides is 2. The first-order chi connectivity index (χ1) is 27.3. The van der Waals surface area contributed by atoms with E-state index in [1.165, 1.54) is 0 Å². The minimum absolute atomic E-state index is 0.129. The zero-order chi connectivity index (χ0) is 40.2. The highest BCUT2D eigenvalue weighted by atomic mass is 35.5. The van der Waals surface area contributed by atoms with Crippen LogP contribution in [0.5, 0.6) is 0 Å². The molecule has 0 radical (unpaired) electrons. The number of carbonyl (C=O) groups is 3. The van der Waals surface area contributed by atoms with Crippen LogP contribution in [0.1, 0.15) is 95.9 Å². The molecule has 1 atom stereocenters. The average molecular weight is 818 g/mol. The highest BCUT2D eigenvalue weighted by Gasteiger charge is 2.57. The number of hydrogen-bond acceptors (Lipinski definition) is 8. The molecule has 15 heteroatoms. The number of β-amino-alcohol motifs (C(OH)–C–C–N with tert-alkyl or cyclic N) is 1. The summed E-state index contributed by atoms with van der Waals surface area (Å²) in [5, 5.41) is 26.5. The molecule has 0 unspecified atom stereocenters. The molecule has 2 aromatic heterocycles. The summed E-state index contributed by atoms with van der Waals surface area (Å²) in [6.45, 7) is 6.25. The SMILES string of the molecule is CC[C@H](O)CN1CCc2c(nc(C(=O)Nc3cccc(-c4cccc(NC(=O)c5nc6c(n5C)CCN(CCC57CCC(C(=O)O)(CC5)C7)C6)c4Cl)c3Cl)n2C)C1. The van der Waals surface area contributed by atoms with Crippen LogP contribution in [0.2, 0.25) is 10.0 Å². The van der Waals surface area contributed by atoms with E-state index in [1.807, 2.05) is 42.3 Å². The maximum atomic E-state index is 13.8. The van der Waals surface area contributed by atoms with Gasteiger partial charge in [0.2, 0.25) is 0 Å². The molecule has 57 heavy (non-hydrogen) atoms. The van der Waals surface area contributed by atoms with Crippen LogP contribution in [-0.4, -0.2) is 89.2 Å². The predicted octanol–water partition coefficient (Wildman–Crippen LogP) is 6.54. The van der Waals surface area contributed by atoms with E-state index >= 15 is 0 Å². The van der Waals surface area contributed by atoms with Gasteiger partial charge in [0.25, 0.3) is 11.8 Å². The highest BCUT2D eigenvalue weighted by Crippen LogP contribution is 2.63. The zero-order valence-electron chi connectivity index (χ0n) is 32.7. The van der Waals surface area contributed by atoms with Gasteiger partial charge in [-0.3, -0.25) is 24.2 Å². The Balaban J connectivity index is 0.934. The number of aliphatic carboxylic acids is 1. The lowest BCUT2D eigenvalue weighted by Gasteiger charge is -2.32. The van der Waals surface area contributed by atoms with Gasteiger partial charge in [-0.25, -0.2) is 9.97 Å². The lowest BCUT2D eigenvalue weighted by molar-refractivity contribution is -0.148. The van der Waals surface area contributed by atoms with Crippen LogP contribution in [0.25, 0.3) is 11.1 Å². The molecule has 2 saturated carbocycles. The fourth-order valence-electron chi connectivity index (χ4n) is 9.73. The second kappa shape index (κ2) is 15.5. The number of aromatic nitrogens is 4. The second-order valence-electron chi connectivity index (χ2n) is 16.6. The first kappa shape index (κ1) is 39.6. The molecule has 4 aromatic rings. The summed E-state index contributed by atoms with van der Waals surface area (Å²) in [6, 6.07) is 10.6. The first-order valence-corrected chi connectivity index (χ1v) is 20.7. The molecule has 2 aliphatic carbocycles. The van der Waals surface area contributed by atoms with Crippen molar-refractivity contribution in [2.24, 2.45) is 24.9 Å². The topological polar surface area (TPSA) is 158 Å². The average Bonchev–Trinajstić information content (AvgIpc) is 3.96. The fraction of sp³-hybridized carbons (Fsp3) is 0.500. The third-order valence-electron chi connectivity index (χ3n) is 13.2. The molecule has 0 spiro atoms. The van der Waals surface area contributed by atoms with Gasteiger partial charge in [-0.15, -0.1) is 0 Å². The first-order valence-electron chi connectivity index (χ1n) is 20.0. The molecule has 2 fully saturated rings. The largest absolute Gasteiger partial charge is 0.481 e. The van der Waals surface area contributed by atoms with Crippen molar-refractivity contribution < 1.29 is 24.6 Å². The normalized spacial score (nSPS) is 22.3. The molecule has 2 amide bonds. The molecule has 4 heterocycles. The molecule has 4 N–H and O–H groups in total. The quantitative estimate of drug-likeness (QED) is 0.125. The Kier molecular flexibility index (Phi) is 10.7. The number of anilines is 2. The summed E-state index contributed by atoms with van der Waals surface area (Å²) in [6.07, 6.45) is 7.11. The molecule has 0 saturated heterocycles. The number of carboxylic acids is 1. The summed E-state index contributed by atoms with van der Waals surface area (Å²) in [4.78, 5) is 53.3. The number of halogens is 2. The number of carbonyl (C=O) groups excluding carboxylic acids is 2. The Morgan fingerprint density at radius 2 is 1.32 bits per heavy atom. The van der Waals surface area contributed by atoms with Gasteiger partial charge in [-0.2, -0.15) is 0 Å². The Bertz CT molecular complexity index is 2240. The smallest absolute Gasteiger partial charge is 0.309 e. The van der Waals surface area contributed by atoms with E-state index in [9.17, 15) is 24.6 Å². The molecule has 2 aliphatic heterocycles. The molecular formula is C42H50Cl2N8O5. The summed E-state index contributed by atoms with van der Waals surface area (Å²) in [7, 11) is 3.70. The van der Waals surface area contributed by atoms with Crippen molar-refractivity contribution in [2.75, 3.05) is 36.8 Å². The van der Waals surface area contributed by atoms with Crippen molar-refractivity contribution in [1.82, 2.24) is 28.9 Å². The van der Waals surface area contributed by atoms with Gasteiger partial charge in [-0.1, -0.05) is 54.4 Å². The summed E-state index contributed by atoms with van der Waals surface area (Å²) < 4.78 is 3.69. The van der Waals surface area contributed by atoms with E-state index in [2.05, 4.69) is 25.4 Å². The summed E-state index contributed by atoms with van der Waals surface area (Å²) in [5.41, 5.74) is 5.31. The van der Waals surface area contributed by atoms with Gasteiger partial charge in [0.15, 0.2) is 11.6 Å². The van der Waals surface area contributed by atoms with Crippen LogP contribution in [0.3, 0.4) is 0 Å². The highest BCUT2D eigenvalue weighted by molar-refractivity contribution is 6.40. The van der Waals surface area contributed by atoms with E-state index < -0.39 is 23.4 Å². The Morgan fingerprint density at radius 1 is 0.807 bits per heavy atom. The van der Waals surface area contributed by atoms with Crippen molar-refractivity contribution in [2.45, 2.75) is 83.9 Å². The number of rotatable bonds is 12. The standard InChI is InChI=1S/C42H50Cl2N8O5/c1-4-25(53)21-52-19-12-33-31(23-52)46-37(50(33)3)39(55)48-29-10-6-8-27(35(29)44)26-7-5-9-28(34(26)43)47-38(54)36-45-30-22-51(18-11-32(30)49(36)2)20-17-41-13-15-42(24-41,16-14-41)40(56)57/h5-10,25,53H,4,11-24H2,1-3H3,(H,47,54)(H,48,55)(H,56,57)/t25-,41?,42?/m0/s1. The number of nitrogens with one attached hydrogen (secondary N) is 2. The number of benzene rings is 2. The number of hydrogen-bond donors (Lipinski definition) is 4. The van der Waals surface area contributed by atoms with Crippen LogP contribution in [-0.2, 0) is 44.8 Å². The summed E-state index contributed by atoms with van der Waals surface area (Å²) in [5.74, 6) is -0.837. The van der Waals surface area contributed by atoms with Crippen molar-refractivity contribution in [3.8, 4) is 11.1 Å². The third kappa shape index (κ3) is 7.37. The van der Waals surface area contributed by atoms with Gasteiger partial charge in [-0.05, 0) is 69.0 Å². The van der Waals surface area contributed by atoms with Gasteiger partial charge in [0.1, 0.15) is 0 Å². The number of imidazole rings is 2. The molecular weight excluding hydrogens is 767 g/mol. The van der Waals surface area contributed by atoms with E-state index in [0.717, 1.165) is 93.8 Å². The van der Waals surface area contributed by atoms with Crippen molar-refractivity contribution in [3.63, 3.8) is 0 Å². The number of nitrogens with zero attached hydrogens (tertiary/aromatic N) is 6. The van der Waals surface area contributed by atoms with Gasteiger partial charge < -0.3 is 30.0 Å². The zero-order valence-corrected chi connectivity index (χ0v) is 34.2. The van der Waals surface area contributed by atoms with Crippen LogP contribution < -0.4 is 10.6 Å². The fourth-order valence-corrected chi connectivity index (χ4v) is 10.3.